The van der Waals surface area contributed by atoms with E-state index in [-0.39, 0.29) is 24.8 Å². The van der Waals surface area contributed by atoms with E-state index in [2.05, 4.69) is 12.2 Å². The van der Waals surface area contributed by atoms with Gasteiger partial charge in [0.2, 0.25) is 17.7 Å². The van der Waals surface area contributed by atoms with Gasteiger partial charge in [-0.05, 0) is 31.6 Å². The van der Waals surface area contributed by atoms with Crippen LogP contribution in [0.1, 0.15) is 90.4 Å². The molecule has 1 aliphatic rings. The van der Waals surface area contributed by atoms with Crippen LogP contribution in [0.25, 0.3) is 0 Å². The first-order chi connectivity index (χ1) is 12.4. The third-order valence-electron chi connectivity index (χ3n) is 5.46. The van der Waals surface area contributed by atoms with Gasteiger partial charge in [-0.1, -0.05) is 51.9 Å². The zero-order chi connectivity index (χ0) is 19.4. The summed E-state index contributed by atoms with van der Waals surface area (Å²) in [6.45, 7) is 2.24. The molecule has 1 rings (SSSR count). The molecule has 0 aromatic carbocycles. The number of carbonyl (C=O) groups is 3. The Kier molecular flexibility index (Phi) is 11.0. The molecule has 150 valence electrons. The average molecular weight is 368 g/mol. The summed E-state index contributed by atoms with van der Waals surface area (Å²) in [5, 5.41) is 2.99. The van der Waals surface area contributed by atoms with Crippen LogP contribution in [0.15, 0.2) is 0 Å². The van der Waals surface area contributed by atoms with E-state index < -0.39 is 17.7 Å². The van der Waals surface area contributed by atoms with E-state index in [0.29, 0.717) is 0 Å². The molecule has 1 saturated carbocycles. The Labute approximate surface area is 157 Å². The summed E-state index contributed by atoms with van der Waals surface area (Å²) >= 11 is 0. The van der Waals surface area contributed by atoms with Crippen molar-refractivity contribution in [3.8, 4) is 0 Å². The molecule has 0 saturated heterocycles. The summed E-state index contributed by atoms with van der Waals surface area (Å²) in [5.41, 5.74) is 10.3. The van der Waals surface area contributed by atoms with E-state index in [1.54, 1.807) is 0 Å². The molecule has 0 radical (unpaired) electrons. The summed E-state index contributed by atoms with van der Waals surface area (Å²) in [4.78, 5) is 34.4. The van der Waals surface area contributed by atoms with E-state index >= 15 is 0 Å². The highest BCUT2D eigenvalue weighted by molar-refractivity contribution is 5.88. The Bertz CT molecular complexity index is 446. The molecule has 1 aliphatic carbocycles. The summed E-state index contributed by atoms with van der Waals surface area (Å²) in [6.07, 6.45) is 13.4. The number of amides is 3. The van der Waals surface area contributed by atoms with E-state index in [1.807, 2.05) is 0 Å². The highest BCUT2D eigenvalue weighted by atomic mass is 16.2. The van der Waals surface area contributed by atoms with Crippen molar-refractivity contribution in [2.75, 3.05) is 0 Å². The lowest BCUT2D eigenvalue weighted by atomic mass is 9.83. The van der Waals surface area contributed by atoms with Gasteiger partial charge in [0, 0.05) is 18.9 Å². The van der Waals surface area contributed by atoms with Gasteiger partial charge >= 0.3 is 0 Å². The van der Waals surface area contributed by atoms with Crippen LogP contribution in [0, 0.1) is 11.8 Å². The number of nitrogens with two attached hydrogens (primary N) is 2. The molecule has 6 heteroatoms. The number of rotatable bonds is 13. The normalized spacial score (nSPS) is 21.1. The molecule has 0 spiro atoms. The molecular weight excluding hydrogens is 330 g/mol. The number of carbonyl (C=O) groups excluding carboxylic acids is 3. The van der Waals surface area contributed by atoms with Crippen molar-refractivity contribution >= 4 is 17.7 Å². The van der Waals surface area contributed by atoms with Crippen molar-refractivity contribution in [3.05, 3.63) is 0 Å². The van der Waals surface area contributed by atoms with E-state index in [0.717, 1.165) is 31.6 Å². The quantitative estimate of drug-likeness (QED) is 0.435. The minimum atomic E-state index is -0.809. The van der Waals surface area contributed by atoms with Gasteiger partial charge in [0.05, 0.1) is 5.92 Å². The number of hydrogen-bond donors (Lipinski definition) is 3. The zero-order valence-corrected chi connectivity index (χ0v) is 16.3. The second kappa shape index (κ2) is 12.7. The third kappa shape index (κ3) is 9.78. The van der Waals surface area contributed by atoms with Gasteiger partial charge < -0.3 is 16.8 Å². The predicted octanol–water partition coefficient (Wildman–Crippen LogP) is 2.78. The SMILES string of the molecule is CCCCCCCCC1CCC(NC(=O)CC(CC(N)=O)C(N)=O)CC1. The first-order valence-electron chi connectivity index (χ1n) is 10.3. The molecule has 0 heterocycles. The number of primary amides is 2. The van der Waals surface area contributed by atoms with Gasteiger partial charge in [0.1, 0.15) is 0 Å². The fourth-order valence-electron chi connectivity index (χ4n) is 3.84. The standard InChI is InChI=1S/C20H37N3O3/c1-2-3-4-5-6-7-8-15-9-11-17(12-10-15)23-19(25)14-16(20(22)26)13-18(21)24/h15-17H,2-14H2,1H3,(H2,21,24)(H2,22,26)(H,23,25). The summed E-state index contributed by atoms with van der Waals surface area (Å²) in [7, 11) is 0. The minimum absolute atomic E-state index is 0.0596. The van der Waals surface area contributed by atoms with E-state index in [4.69, 9.17) is 11.5 Å². The molecule has 6 nitrogen and oxygen atoms in total. The molecule has 0 aromatic rings. The fourth-order valence-corrected chi connectivity index (χ4v) is 3.84. The van der Waals surface area contributed by atoms with Gasteiger partial charge in [-0.3, -0.25) is 14.4 Å². The molecule has 5 N–H and O–H groups in total. The maximum atomic E-state index is 12.1. The topological polar surface area (TPSA) is 115 Å². The van der Waals surface area contributed by atoms with Crippen LogP contribution < -0.4 is 16.8 Å². The maximum Gasteiger partial charge on any atom is 0.221 e. The molecule has 0 aromatic heterocycles. The highest BCUT2D eigenvalue weighted by Crippen LogP contribution is 2.29. The minimum Gasteiger partial charge on any atom is -0.370 e. The van der Waals surface area contributed by atoms with Crippen molar-refractivity contribution in [1.82, 2.24) is 5.32 Å². The lowest BCUT2D eigenvalue weighted by Gasteiger charge is -2.29. The molecule has 1 atom stereocenters. The van der Waals surface area contributed by atoms with Gasteiger partial charge in [0.15, 0.2) is 0 Å². The molecule has 1 unspecified atom stereocenters. The Morgan fingerprint density at radius 1 is 0.923 bits per heavy atom. The highest BCUT2D eigenvalue weighted by Gasteiger charge is 2.25. The largest absolute Gasteiger partial charge is 0.370 e. The van der Waals surface area contributed by atoms with Crippen LogP contribution >= 0.6 is 0 Å². The summed E-state index contributed by atoms with van der Waals surface area (Å²) < 4.78 is 0. The first kappa shape index (κ1) is 22.5. The fraction of sp³-hybridized carbons (Fsp3) is 0.850. The predicted molar refractivity (Wildman–Crippen MR) is 103 cm³/mol. The van der Waals surface area contributed by atoms with Crippen molar-refractivity contribution < 1.29 is 14.4 Å². The molecule has 0 aliphatic heterocycles. The number of hydrogen-bond acceptors (Lipinski definition) is 3. The third-order valence-corrected chi connectivity index (χ3v) is 5.46. The van der Waals surface area contributed by atoms with Crippen LogP contribution in [0.4, 0.5) is 0 Å². The number of unbranched alkanes of at least 4 members (excludes halogenated alkanes) is 5. The zero-order valence-electron chi connectivity index (χ0n) is 16.3. The Morgan fingerprint density at radius 3 is 2.12 bits per heavy atom. The smallest absolute Gasteiger partial charge is 0.221 e. The lowest BCUT2D eigenvalue weighted by molar-refractivity contribution is -0.131. The van der Waals surface area contributed by atoms with Crippen molar-refractivity contribution in [1.29, 1.82) is 0 Å². The van der Waals surface area contributed by atoms with Crippen LogP contribution in [0.2, 0.25) is 0 Å². The van der Waals surface area contributed by atoms with Crippen LogP contribution in [0.5, 0.6) is 0 Å². The Balaban J connectivity index is 2.19. The van der Waals surface area contributed by atoms with Gasteiger partial charge in [-0.15, -0.1) is 0 Å². The van der Waals surface area contributed by atoms with Crippen LogP contribution in [0.3, 0.4) is 0 Å². The van der Waals surface area contributed by atoms with Crippen molar-refractivity contribution in [3.63, 3.8) is 0 Å². The van der Waals surface area contributed by atoms with Crippen molar-refractivity contribution in [2.24, 2.45) is 23.3 Å². The van der Waals surface area contributed by atoms with Gasteiger partial charge in [-0.25, -0.2) is 0 Å². The average Bonchev–Trinajstić information content (AvgIpc) is 2.58. The monoisotopic (exact) mass is 367 g/mol. The maximum absolute atomic E-state index is 12.1. The molecule has 26 heavy (non-hydrogen) atoms. The van der Waals surface area contributed by atoms with E-state index in [9.17, 15) is 14.4 Å². The van der Waals surface area contributed by atoms with Crippen LogP contribution in [-0.4, -0.2) is 23.8 Å². The summed E-state index contributed by atoms with van der Waals surface area (Å²) in [6, 6.07) is 0.172. The molecule has 3 amide bonds. The Morgan fingerprint density at radius 2 is 1.54 bits per heavy atom. The summed E-state index contributed by atoms with van der Waals surface area (Å²) in [5.74, 6) is -1.51. The second-order valence-corrected chi connectivity index (χ2v) is 7.82. The van der Waals surface area contributed by atoms with Gasteiger partial charge in [0.25, 0.3) is 0 Å². The van der Waals surface area contributed by atoms with Crippen molar-refractivity contribution in [2.45, 2.75) is 96.4 Å². The van der Waals surface area contributed by atoms with Crippen LogP contribution in [-0.2, 0) is 14.4 Å². The molecule has 1 fully saturated rings. The Hall–Kier alpha value is -1.59. The van der Waals surface area contributed by atoms with E-state index in [1.165, 1.54) is 44.9 Å². The second-order valence-electron chi connectivity index (χ2n) is 7.82. The lowest BCUT2D eigenvalue weighted by Crippen LogP contribution is -2.40. The van der Waals surface area contributed by atoms with Gasteiger partial charge in [-0.2, -0.15) is 0 Å². The first-order valence-corrected chi connectivity index (χ1v) is 10.3. The molecular formula is C20H37N3O3. The number of nitrogens with one attached hydrogen (secondary N) is 1. The molecule has 0 bridgehead atoms.